The van der Waals surface area contributed by atoms with E-state index < -0.39 is 28.4 Å². The highest BCUT2D eigenvalue weighted by Gasteiger charge is 2.51. The summed E-state index contributed by atoms with van der Waals surface area (Å²) in [5.41, 5.74) is 3.44. The second-order valence-electron chi connectivity index (χ2n) is 11.2. The first-order valence-corrected chi connectivity index (χ1v) is 14.2. The van der Waals surface area contributed by atoms with E-state index in [0.29, 0.717) is 29.5 Å². The molecule has 0 saturated heterocycles. The minimum atomic E-state index is -1.04. The van der Waals surface area contributed by atoms with Crippen LogP contribution in [-0.4, -0.2) is 59.7 Å². The summed E-state index contributed by atoms with van der Waals surface area (Å²) in [7, 11) is 1.54. The van der Waals surface area contributed by atoms with Crippen LogP contribution in [-0.2, 0) is 9.59 Å². The highest BCUT2D eigenvalue weighted by atomic mass is 32.1. The summed E-state index contributed by atoms with van der Waals surface area (Å²) in [5, 5.41) is 2.37. The zero-order valence-corrected chi connectivity index (χ0v) is 23.9. The lowest BCUT2D eigenvalue weighted by Gasteiger charge is -2.32. The van der Waals surface area contributed by atoms with Gasteiger partial charge in [0.2, 0.25) is 5.70 Å². The number of fused-ring (bicyclic) bond motifs is 1. The largest absolute Gasteiger partial charge is 0.440 e. The minimum Gasteiger partial charge on any atom is -0.345 e. The Morgan fingerprint density at radius 2 is 1.85 bits per heavy atom. The van der Waals surface area contributed by atoms with Gasteiger partial charge in [-0.1, -0.05) is 39.8 Å². The van der Waals surface area contributed by atoms with E-state index in [0.717, 1.165) is 29.4 Å². The number of likely N-dealkylation sites (N-methyl/N-ethyl adjacent to an activating group) is 1. The van der Waals surface area contributed by atoms with Crippen molar-refractivity contribution >= 4 is 52.4 Å². The van der Waals surface area contributed by atoms with Crippen LogP contribution in [0.25, 0.3) is 6.08 Å². The number of thiazole rings is 1. The number of benzene rings is 1. The molecule has 4 rings (SSSR count). The maximum Gasteiger partial charge on any atom is 0.440 e. The van der Waals surface area contributed by atoms with Gasteiger partial charge < -0.3 is 9.69 Å². The van der Waals surface area contributed by atoms with Gasteiger partial charge in [-0.2, -0.15) is 4.48 Å². The van der Waals surface area contributed by atoms with Crippen LogP contribution < -0.4 is 20.7 Å². The molecule has 208 valence electrons. The topological polar surface area (TPSA) is 126 Å². The number of carbonyl (C=O) groups excluding carboxylic acids is 4. The number of nitrogens with two attached hydrogens (primary N) is 1. The zero-order chi connectivity index (χ0) is 28.5. The van der Waals surface area contributed by atoms with Gasteiger partial charge in [-0.05, 0) is 37.2 Å². The van der Waals surface area contributed by atoms with Crippen molar-refractivity contribution in [3.63, 3.8) is 0 Å². The number of amides is 4. The van der Waals surface area contributed by atoms with Crippen molar-refractivity contribution in [2.75, 3.05) is 18.5 Å². The molecule has 1 aliphatic heterocycles. The Hall–Kier alpha value is -3.41. The summed E-state index contributed by atoms with van der Waals surface area (Å²) in [6, 6.07) is 5.78. The van der Waals surface area contributed by atoms with Crippen LogP contribution in [0.1, 0.15) is 63.0 Å². The highest BCUT2D eigenvalue weighted by molar-refractivity contribution is 7.14. The van der Waals surface area contributed by atoms with Gasteiger partial charge in [0, 0.05) is 35.7 Å². The van der Waals surface area contributed by atoms with E-state index in [1.807, 2.05) is 13.8 Å². The summed E-state index contributed by atoms with van der Waals surface area (Å²) in [6.45, 7) is 8.91. The molecule has 1 unspecified atom stereocenters. The summed E-state index contributed by atoms with van der Waals surface area (Å²) in [4.78, 5) is 61.5. The molecule has 0 radical (unpaired) electrons. The van der Waals surface area contributed by atoms with E-state index in [4.69, 9.17) is 5.84 Å². The molecule has 2 atom stereocenters. The molecule has 2 heterocycles. The van der Waals surface area contributed by atoms with Crippen LogP contribution in [0.5, 0.6) is 0 Å². The normalized spacial score (nSPS) is 18.9. The van der Waals surface area contributed by atoms with Crippen LogP contribution in [0.2, 0.25) is 0 Å². The third kappa shape index (κ3) is 5.52. The molecule has 1 saturated carbocycles. The van der Waals surface area contributed by atoms with Crippen molar-refractivity contribution < 1.29 is 19.2 Å². The van der Waals surface area contributed by atoms with E-state index in [9.17, 15) is 19.2 Å². The molecular formula is C28H37N6O4S+. The van der Waals surface area contributed by atoms with E-state index >= 15 is 0 Å². The van der Waals surface area contributed by atoms with Crippen molar-refractivity contribution in [1.29, 1.82) is 0 Å². The Kier molecular flexibility index (Phi) is 8.34. The van der Waals surface area contributed by atoms with Crippen molar-refractivity contribution in [2.24, 2.45) is 17.7 Å². The number of aromatic nitrogens is 1. The number of para-hydroxylation sites is 1. The lowest BCUT2D eigenvalue weighted by Crippen LogP contribution is -2.60. The van der Waals surface area contributed by atoms with Gasteiger partial charge >= 0.3 is 11.9 Å². The third-order valence-electron chi connectivity index (χ3n) is 7.09. The lowest BCUT2D eigenvalue weighted by atomic mass is 10.0. The molecule has 0 bridgehead atoms. The number of quaternary nitrogens is 1. The number of hydrazine groups is 1. The van der Waals surface area contributed by atoms with Gasteiger partial charge in [0.15, 0.2) is 10.8 Å². The molecule has 1 aromatic heterocycles. The second kappa shape index (κ2) is 11.4. The number of rotatable bonds is 10. The van der Waals surface area contributed by atoms with E-state index in [1.54, 1.807) is 42.8 Å². The van der Waals surface area contributed by atoms with Crippen molar-refractivity contribution in [1.82, 2.24) is 19.8 Å². The molecule has 1 aromatic carbocycles. The number of urea groups is 1. The first-order valence-electron chi connectivity index (χ1n) is 13.3. The second-order valence-corrected chi connectivity index (χ2v) is 12.0. The highest BCUT2D eigenvalue weighted by Crippen LogP contribution is 2.40. The third-order valence-corrected chi connectivity index (χ3v) is 7.96. The molecule has 1 aliphatic carbocycles. The number of anilines is 1. The maximum absolute atomic E-state index is 14.3. The molecule has 3 N–H and O–H groups in total. The number of nitrogens with one attached hydrogen (secondary N) is 1. The van der Waals surface area contributed by atoms with Crippen molar-refractivity contribution in [3.05, 3.63) is 46.6 Å². The van der Waals surface area contributed by atoms with E-state index in [2.05, 4.69) is 29.2 Å². The first kappa shape index (κ1) is 28.6. The average molecular weight is 554 g/mol. The van der Waals surface area contributed by atoms with Crippen molar-refractivity contribution in [2.45, 2.75) is 59.0 Å². The Morgan fingerprint density at radius 1 is 1.15 bits per heavy atom. The predicted molar refractivity (Wildman–Crippen MR) is 153 cm³/mol. The molecule has 4 amide bonds. The Bertz CT molecular complexity index is 1300. The van der Waals surface area contributed by atoms with Crippen LogP contribution in [0.4, 0.5) is 15.6 Å². The predicted octanol–water partition coefficient (Wildman–Crippen LogP) is 3.93. The Balaban J connectivity index is 1.75. The standard InChI is InChI=1S/C28H36N6O4S/c1-17(2)12-21(15-35)33(25(36)22-16-39-27(30-22)32(14-18(3)4)20-10-11-20)26(37)24-13-19-8-6-7-9-23(19)34(24,5)28(38)31-29/h6-9,13,15-18,20-21H,10-12,14,29H2,1-5H3/p+1/t21-,34?/m0/s1. The minimum absolute atomic E-state index is 0.0120. The van der Waals surface area contributed by atoms with Gasteiger partial charge in [-0.3, -0.25) is 14.5 Å². The lowest BCUT2D eigenvalue weighted by molar-refractivity contribution is -0.131. The Morgan fingerprint density at radius 3 is 2.44 bits per heavy atom. The summed E-state index contributed by atoms with van der Waals surface area (Å²) in [6.07, 6.45) is 4.63. The SMILES string of the molecule is CC(C)C[C@@H](C=O)N(C(=O)C1=Cc2ccccc2[N+]1(C)C(=O)NN)C(=O)c1csc(N(CC(C)C)C2CC2)n1. The van der Waals surface area contributed by atoms with E-state index in [-0.39, 0.29) is 23.7 Å². The Labute approximate surface area is 233 Å². The molecule has 10 nitrogen and oxygen atoms in total. The summed E-state index contributed by atoms with van der Waals surface area (Å²) < 4.78 is -0.589. The summed E-state index contributed by atoms with van der Waals surface area (Å²) >= 11 is 1.36. The van der Waals surface area contributed by atoms with Crippen molar-refractivity contribution in [3.8, 4) is 0 Å². The van der Waals surface area contributed by atoms with Gasteiger partial charge in [-0.15, -0.1) is 11.3 Å². The number of hydrogen-bond acceptors (Lipinski definition) is 8. The fraction of sp³-hybridized carbons (Fsp3) is 0.464. The van der Waals surface area contributed by atoms with Crippen LogP contribution in [0.15, 0.2) is 35.3 Å². The van der Waals surface area contributed by atoms with Gasteiger partial charge in [0.25, 0.3) is 5.91 Å². The van der Waals surface area contributed by atoms with Crippen LogP contribution in [0, 0.1) is 11.8 Å². The first-order chi connectivity index (χ1) is 18.5. The monoisotopic (exact) mass is 553 g/mol. The zero-order valence-electron chi connectivity index (χ0n) is 23.1. The fourth-order valence-corrected chi connectivity index (χ4v) is 5.91. The van der Waals surface area contributed by atoms with Gasteiger partial charge in [0.1, 0.15) is 12.0 Å². The molecule has 1 fully saturated rings. The molecular weight excluding hydrogens is 516 g/mol. The van der Waals surface area contributed by atoms with Gasteiger partial charge in [0.05, 0.1) is 13.1 Å². The summed E-state index contributed by atoms with van der Waals surface area (Å²) in [5.74, 6) is 4.55. The van der Waals surface area contributed by atoms with E-state index in [1.165, 1.54) is 11.3 Å². The molecule has 0 spiro atoms. The fourth-order valence-electron chi connectivity index (χ4n) is 5.03. The number of imide groups is 1. The molecule has 2 aromatic rings. The van der Waals surface area contributed by atoms with Crippen LogP contribution in [0.3, 0.4) is 0 Å². The number of aldehydes is 1. The van der Waals surface area contributed by atoms with Gasteiger partial charge in [-0.25, -0.2) is 21.0 Å². The van der Waals surface area contributed by atoms with Crippen LogP contribution >= 0.6 is 11.3 Å². The smallest absolute Gasteiger partial charge is 0.345 e. The quantitative estimate of drug-likeness (QED) is 0.114. The molecule has 11 heteroatoms. The molecule has 39 heavy (non-hydrogen) atoms. The number of nitrogens with zero attached hydrogens (tertiary/aromatic N) is 4. The average Bonchev–Trinajstić information content (AvgIpc) is 3.54. The number of hydrogen-bond donors (Lipinski definition) is 2. The molecule has 2 aliphatic rings. The maximum atomic E-state index is 14.3. The number of carbonyl (C=O) groups is 4.